The molecule has 5 heteroatoms. The second-order valence-corrected chi connectivity index (χ2v) is 5.88. The zero-order chi connectivity index (χ0) is 13.8. The van der Waals surface area contributed by atoms with Gasteiger partial charge in [0.2, 0.25) is 0 Å². The van der Waals surface area contributed by atoms with Gasteiger partial charge in [0.1, 0.15) is 5.75 Å². The van der Waals surface area contributed by atoms with E-state index in [1.165, 1.54) is 5.56 Å². The Labute approximate surface area is 122 Å². The molecule has 1 aliphatic heterocycles. The molecule has 0 spiro atoms. The summed E-state index contributed by atoms with van der Waals surface area (Å²) in [5.41, 5.74) is 6.76. The van der Waals surface area contributed by atoms with E-state index in [-0.39, 0.29) is 5.92 Å². The molecule has 1 fully saturated rings. The molecule has 1 aliphatic rings. The van der Waals surface area contributed by atoms with Crippen molar-refractivity contribution < 1.29 is 4.74 Å². The molecule has 0 aliphatic carbocycles. The van der Waals surface area contributed by atoms with Crippen molar-refractivity contribution in [1.29, 1.82) is 5.41 Å². The number of rotatable bonds is 4. The summed E-state index contributed by atoms with van der Waals surface area (Å²) < 4.78 is 6.47. The van der Waals surface area contributed by atoms with Crippen molar-refractivity contribution in [1.82, 2.24) is 4.90 Å². The van der Waals surface area contributed by atoms with Gasteiger partial charge in [-0.3, -0.25) is 10.3 Å². The Balaban J connectivity index is 1.99. The summed E-state index contributed by atoms with van der Waals surface area (Å²) >= 11 is 3.50. The predicted molar refractivity (Wildman–Crippen MR) is 80.6 cm³/mol. The maximum absolute atomic E-state index is 7.50. The van der Waals surface area contributed by atoms with E-state index in [4.69, 9.17) is 15.9 Å². The van der Waals surface area contributed by atoms with Crippen molar-refractivity contribution in [3.05, 3.63) is 28.2 Å². The third kappa shape index (κ3) is 3.70. The first-order valence-corrected chi connectivity index (χ1v) is 7.28. The number of hydrogen-bond acceptors (Lipinski definition) is 3. The normalized spacial score (nSPS) is 17.4. The maximum Gasteiger partial charge on any atom is 0.123 e. The SMILES string of the molecule is COc1ccc(Br)cc1CN1CCC(C(=N)N)CC1. The third-order valence-corrected chi connectivity index (χ3v) is 4.16. The predicted octanol–water partition coefficient (Wildman–Crippen LogP) is 2.61. The molecular weight excluding hydrogens is 306 g/mol. The number of likely N-dealkylation sites (tertiary alicyclic amines) is 1. The molecule has 1 aromatic carbocycles. The van der Waals surface area contributed by atoms with E-state index in [9.17, 15) is 0 Å². The third-order valence-electron chi connectivity index (χ3n) is 3.66. The minimum absolute atomic E-state index is 0.264. The lowest BCUT2D eigenvalue weighted by Crippen LogP contribution is -2.37. The van der Waals surface area contributed by atoms with Crippen molar-refractivity contribution in [3.63, 3.8) is 0 Å². The van der Waals surface area contributed by atoms with E-state index >= 15 is 0 Å². The van der Waals surface area contributed by atoms with Crippen LogP contribution in [0, 0.1) is 11.3 Å². The molecule has 19 heavy (non-hydrogen) atoms. The molecule has 1 aromatic rings. The first kappa shape index (κ1) is 14.3. The number of nitrogens with one attached hydrogen (secondary N) is 1. The average molecular weight is 326 g/mol. The highest BCUT2D eigenvalue weighted by Crippen LogP contribution is 2.26. The molecule has 1 saturated heterocycles. The van der Waals surface area contributed by atoms with E-state index in [0.29, 0.717) is 5.84 Å². The van der Waals surface area contributed by atoms with Crippen LogP contribution in [0.2, 0.25) is 0 Å². The molecule has 0 radical (unpaired) electrons. The Hall–Kier alpha value is -1.07. The summed E-state index contributed by atoms with van der Waals surface area (Å²) in [4.78, 5) is 2.39. The van der Waals surface area contributed by atoms with Gasteiger partial charge in [-0.25, -0.2) is 0 Å². The van der Waals surface area contributed by atoms with Crippen LogP contribution in [0.25, 0.3) is 0 Å². The van der Waals surface area contributed by atoms with Crippen LogP contribution in [0.15, 0.2) is 22.7 Å². The molecule has 104 valence electrons. The monoisotopic (exact) mass is 325 g/mol. The Morgan fingerprint density at radius 2 is 2.16 bits per heavy atom. The van der Waals surface area contributed by atoms with Crippen LogP contribution < -0.4 is 10.5 Å². The van der Waals surface area contributed by atoms with E-state index < -0.39 is 0 Å². The standard InChI is InChI=1S/C14H20BrN3O/c1-19-13-3-2-12(15)8-11(13)9-18-6-4-10(5-7-18)14(16)17/h2-3,8,10H,4-7,9H2,1H3,(H3,16,17). The van der Waals surface area contributed by atoms with Crippen LogP contribution in [0.3, 0.4) is 0 Å². The molecule has 0 saturated carbocycles. The van der Waals surface area contributed by atoms with Crippen molar-refractivity contribution in [2.24, 2.45) is 11.7 Å². The fourth-order valence-corrected chi connectivity index (χ4v) is 2.92. The molecule has 0 atom stereocenters. The number of halogens is 1. The fourth-order valence-electron chi connectivity index (χ4n) is 2.51. The van der Waals surface area contributed by atoms with Gasteiger partial charge in [0.15, 0.2) is 0 Å². The largest absolute Gasteiger partial charge is 0.496 e. The number of methoxy groups -OCH3 is 1. The molecular formula is C14H20BrN3O. The minimum Gasteiger partial charge on any atom is -0.496 e. The maximum atomic E-state index is 7.50. The van der Waals surface area contributed by atoms with Gasteiger partial charge >= 0.3 is 0 Å². The zero-order valence-electron chi connectivity index (χ0n) is 11.2. The lowest BCUT2D eigenvalue weighted by Gasteiger charge is -2.31. The molecule has 0 unspecified atom stereocenters. The summed E-state index contributed by atoms with van der Waals surface area (Å²) in [5.74, 6) is 1.53. The Bertz CT molecular complexity index is 456. The second kappa shape index (κ2) is 6.39. The van der Waals surface area contributed by atoms with Gasteiger partial charge in [0.05, 0.1) is 12.9 Å². The molecule has 3 N–H and O–H groups in total. The van der Waals surface area contributed by atoms with E-state index in [1.807, 2.05) is 12.1 Å². The minimum atomic E-state index is 0.264. The first-order valence-electron chi connectivity index (χ1n) is 6.49. The molecule has 0 amide bonds. The summed E-state index contributed by atoms with van der Waals surface area (Å²) in [6, 6.07) is 6.09. The summed E-state index contributed by atoms with van der Waals surface area (Å²) in [7, 11) is 1.70. The van der Waals surface area contributed by atoms with Gasteiger partial charge in [-0.2, -0.15) is 0 Å². The Kier molecular flexibility index (Phi) is 4.82. The van der Waals surface area contributed by atoms with Gasteiger partial charge in [-0.05, 0) is 44.1 Å². The fraction of sp³-hybridized carbons (Fsp3) is 0.500. The van der Waals surface area contributed by atoms with Gasteiger partial charge in [-0.1, -0.05) is 15.9 Å². The highest BCUT2D eigenvalue weighted by molar-refractivity contribution is 9.10. The number of nitrogens with two attached hydrogens (primary N) is 1. The van der Waals surface area contributed by atoms with Gasteiger partial charge < -0.3 is 10.5 Å². The van der Waals surface area contributed by atoms with Crippen LogP contribution in [0.1, 0.15) is 18.4 Å². The van der Waals surface area contributed by atoms with Crippen molar-refractivity contribution in [2.45, 2.75) is 19.4 Å². The Morgan fingerprint density at radius 1 is 1.47 bits per heavy atom. The van der Waals surface area contributed by atoms with Gasteiger partial charge in [-0.15, -0.1) is 0 Å². The van der Waals surface area contributed by atoms with Crippen LogP contribution >= 0.6 is 15.9 Å². The molecule has 2 rings (SSSR count). The molecule has 1 heterocycles. The van der Waals surface area contributed by atoms with Gasteiger partial charge in [0.25, 0.3) is 0 Å². The van der Waals surface area contributed by atoms with E-state index in [2.05, 4.69) is 26.9 Å². The number of hydrogen-bond donors (Lipinski definition) is 2. The summed E-state index contributed by atoms with van der Waals surface area (Å²) in [6.07, 6.45) is 1.96. The smallest absolute Gasteiger partial charge is 0.123 e. The number of benzene rings is 1. The molecule has 0 aromatic heterocycles. The zero-order valence-corrected chi connectivity index (χ0v) is 12.7. The van der Waals surface area contributed by atoms with Crippen molar-refractivity contribution >= 4 is 21.8 Å². The Morgan fingerprint density at radius 3 is 2.74 bits per heavy atom. The molecule has 0 bridgehead atoms. The van der Waals surface area contributed by atoms with E-state index in [0.717, 1.165) is 42.7 Å². The lowest BCUT2D eigenvalue weighted by molar-refractivity contribution is 0.199. The second-order valence-electron chi connectivity index (χ2n) is 4.96. The number of piperidine rings is 1. The topological polar surface area (TPSA) is 62.3 Å². The number of nitrogens with zero attached hydrogens (tertiary/aromatic N) is 1. The highest BCUT2D eigenvalue weighted by atomic mass is 79.9. The van der Waals surface area contributed by atoms with Crippen LogP contribution in [0.5, 0.6) is 5.75 Å². The summed E-state index contributed by atoms with van der Waals surface area (Å²) in [6.45, 7) is 2.85. The molecule has 4 nitrogen and oxygen atoms in total. The van der Waals surface area contributed by atoms with E-state index in [1.54, 1.807) is 7.11 Å². The lowest BCUT2D eigenvalue weighted by atomic mass is 9.95. The average Bonchev–Trinajstić information content (AvgIpc) is 2.39. The number of ether oxygens (including phenoxy) is 1. The van der Waals surface area contributed by atoms with Gasteiger partial charge in [0, 0.05) is 22.5 Å². The number of amidine groups is 1. The van der Waals surface area contributed by atoms with Crippen LogP contribution in [0.4, 0.5) is 0 Å². The summed E-state index contributed by atoms with van der Waals surface area (Å²) in [5, 5.41) is 7.50. The van der Waals surface area contributed by atoms with Crippen LogP contribution in [-0.2, 0) is 6.54 Å². The highest BCUT2D eigenvalue weighted by Gasteiger charge is 2.21. The van der Waals surface area contributed by atoms with Crippen molar-refractivity contribution in [2.75, 3.05) is 20.2 Å². The first-order chi connectivity index (χ1) is 9.10. The van der Waals surface area contributed by atoms with Crippen molar-refractivity contribution in [3.8, 4) is 5.75 Å². The van der Waals surface area contributed by atoms with Crippen LogP contribution in [-0.4, -0.2) is 30.9 Å². The quantitative estimate of drug-likeness (QED) is 0.660.